The standard InChI is InChI=1S/C10H17N3/c1-2-9-6-12-10(13-9)7-11-5-8-3-4-8/h6,8,11H,2-5,7H2,1H3,(H,12,13). The molecule has 0 radical (unpaired) electrons. The molecule has 0 atom stereocenters. The first-order valence-electron chi connectivity index (χ1n) is 5.12. The Kier molecular flexibility index (Phi) is 2.64. The highest BCUT2D eigenvalue weighted by Gasteiger charge is 2.20. The Bertz CT molecular complexity index is 263. The quantitative estimate of drug-likeness (QED) is 0.718. The van der Waals surface area contributed by atoms with Crippen LogP contribution in [0.2, 0.25) is 0 Å². The zero-order chi connectivity index (χ0) is 9.10. The molecule has 0 aromatic carbocycles. The number of imidazole rings is 1. The van der Waals surface area contributed by atoms with Gasteiger partial charge in [-0.3, -0.25) is 0 Å². The minimum atomic E-state index is 0.885. The van der Waals surface area contributed by atoms with E-state index in [-0.39, 0.29) is 0 Å². The molecule has 72 valence electrons. The molecule has 1 aromatic heterocycles. The van der Waals surface area contributed by atoms with Crippen molar-refractivity contribution in [2.45, 2.75) is 32.7 Å². The molecule has 0 spiro atoms. The van der Waals surface area contributed by atoms with Gasteiger partial charge < -0.3 is 10.3 Å². The van der Waals surface area contributed by atoms with Gasteiger partial charge in [-0.05, 0) is 31.7 Å². The van der Waals surface area contributed by atoms with E-state index in [4.69, 9.17) is 0 Å². The van der Waals surface area contributed by atoms with E-state index in [1.165, 1.54) is 18.5 Å². The molecule has 1 aliphatic rings. The van der Waals surface area contributed by atoms with Crippen molar-refractivity contribution in [2.75, 3.05) is 6.54 Å². The van der Waals surface area contributed by atoms with E-state index in [1.54, 1.807) is 0 Å². The topological polar surface area (TPSA) is 40.7 Å². The number of hydrogen-bond acceptors (Lipinski definition) is 2. The lowest BCUT2D eigenvalue weighted by molar-refractivity contribution is 0.622. The Balaban J connectivity index is 1.72. The molecular formula is C10H17N3. The van der Waals surface area contributed by atoms with Gasteiger partial charge in [0.1, 0.15) is 5.82 Å². The van der Waals surface area contributed by atoms with Gasteiger partial charge in [0.2, 0.25) is 0 Å². The average Bonchev–Trinajstić information content (AvgIpc) is 2.84. The molecule has 3 heteroatoms. The molecule has 1 aliphatic carbocycles. The molecule has 2 rings (SSSR count). The Morgan fingerprint density at radius 3 is 3.08 bits per heavy atom. The second-order valence-electron chi connectivity index (χ2n) is 3.78. The maximum Gasteiger partial charge on any atom is 0.120 e. The van der Waals surface area contributed by atoms with E-state index in [0.29, 0.717) is 0 Å². The van der Waals surface area contributed by atoms with Gasteiger partial charge >= 0.3 is 0 Å². The lowest BCUT2D eigenvalue weighted by atomic mass is 10.4. The van der Waals surface area contributed by atoms with Crippen LogP contribution >= 0.6 is 0 Å². The van der Waals surface area contributed by atoms with E-state index in [2.05, 4.69) is 22.2 Å². The van der Waals surface area contributed by atoms with Gasteiger partial charge in [0.15, 0.2) is 0 Å². The van der Waals surface area contributed by atoms with E-state index >= 15 is 0 Å². The predicted octanol–water partition coefficient (Wildman–Crippen LogP) is 1.47. The Labute approximate surface area is 79.0 Å². The lowest BCUT2D eigenvalue weighted by Gasteiger charge is -1.99. The molecule has 1 aromatic rings. The zero-order valence-corrected chi connectivity index (χ0v) is 8.14. The molecule has 13 heavy (non-hydrogen) atoms. The maximum atomic E-state index is 4.29. The smallest absolute Gasteiger partial charge is 0.120 e. The van der Waals surface area contributed by atoms with Crippen LogP contribution in [0.5, 0.6) is 0 Å². The van der Waals surface area contributed by atoms with Gasteiger partial charge in [-0.15, -0.1) is 0 Å². The number of H-pyrrole nitrogens is 1. The molecule has 0 saturated heterocycles. The summed E-state index contributed by atoms with van der Waals surface area (Å²) in [5, 5.41) is 3.41. The first kappa shape index (κ1) is 8.75. The minimum Gasteiger partial charge on any atom is -0.345 e. The molecule has 3 nitrogen and oxygen atoms in total. The van der Waals surface area contributed by atoms with Crippen LogP contribution in [0.3, 0.4) is 0 Å². The van der Waals surface area contributed by atoms with Gasteiger partial charge in [-0.25, -0.2) is 4.98 Å². The summed E-state index contributed by atoms with van der Waals surface area (Å²) < 4.78 is 0. The first-order valence-corrected chi connectivity index (χ1v) is 5.12. The Hall–Kier alpha value is -0.830. The normalized spacial score (nSPS) is 16.4. The van der Waals surface area contributed by atoms with E-state index in [9.17, 15) is 0 Å². The van der Waals surface area contributed by atoms with Gasteiger partial charge in [-0.2, -0.15) is 0 Å². The van der Waals surface area contributed by atoms with Gasteiger partial charge in [0, 0.05) is 11.9 Å². The van der Waals surface area contributed by atoms with Crippen LogP contribution in [-0.4, -0.2) is 16.5 Å². The summed E-state index contributed by atoms with van der Waals surface area (Å²) >= 11 is 0. The summed E-state index contributed by atoms with van der Waals surface area (Å²) in [4.78, 5) is 7.57. The fourth-order valence-electron chi connectivity index (χ4n) is 1.39. The van der Waals surface area contributed by atoms with Crippen LogP contribution in [0, 0.1) is 5.92 Å². The summed E-state index contributed by atoms with van der Waals surface area (Å²) in [5.41, 5.74) is 1.23. The van der Waals surface area contributed by atoms with Crippen LogP contribution in [0.1, 0.15) is 31.3 Å². The Morgan fingerprint density at radius 1 is 1.62 bits per heavy atom. The predicted molar refractivity (Wildman–Crippen MR) is 52.4 cm³/mol. The Morgan fingerprint density at radius 2 is 2.46 bits per heavy atom. The third kappa shape index (κ3) is 2.56. The van der Waals surface area contributed by atoms with E-state index in [1.807, 2.05) is 6.20 Å². The fraction of sp³-hybridized carbons (Fsp3) is 0.700. The van der Waals surface area contributed by atoms with Crippen molar-refractivity contribution in [3.05, 3.63) is 17.7 Å². The number of nitrogens with one attached hydrogen (secondary N) is 2. The summed E-state index contributed by atoms with van der Waals surface area (Å²) in [6, 6.07) is 0. The molecule has 2 N–H and O–H groups in total. The lowest BCUT2D eigenvalue weighted by Crippen LogP contribution is -2.16. The van der Waals surface area contributed by atoms with Gasteiger partial charge in [-0.1, -0.05) is 6.92 Å². The van der Waals surface area contributed by atoms with Crippen LogP contribution < -0.4 is 5.32 Å². The number of aryl methyl sites for hydroxylation is 1. The van der Waals surface area contributed by atoms with Crippen molar-refractivity contribution < 1.29 is 0 Å². The zero-order valence-electron chi connectivity index (χ0n) is 8.14. The summed E-state index contributed by atoms with van der Waals surface area (Å²) in [7, 11) is 0. The van der Waals surface area contributed by atoms with Crippen molar-refractivity contribution in [3.8, 4) is 0 Å². The molecule has 1 fully saturated rings. The summed E-state index contributed by atoms with van der Waals surface area (Å²) in [6.07, 6.45) is 5.78. The number of nitrogens with zero attached hydrogens (tertiary/aromatic N) is 1. The number of aromatic amines is 1. The molecular weight excluding hydrogens is 162 g/mol. The largest absolute Gasteiger partial charge is 0.345 e. The van der Waals surface area contributed by atoms with E-state index < -0.39 is 0 Å². The maximum absolute atomic E-state index is 4.29. The second kappa shape index (κ2) is 3.92. The minimum absolute atomic E-state index is 0.885. The molecule has 1 heterocycles. The number of rotatable bonds is 5. The van der Waals surface area contributed by atoms with Crippen LogP contribution in [0.4, 0.5) is 0 Å². The van der Waals surface area contributed by atoms with Crippen molar-refractivity contribution >= 4 is 0 Å². The molecule has 0 amide bonds. The van der Waals surface area contributed by atoms with Crippen molar-refractivity contribution in [3.63, 3.8) is 0 Å². The average molecular weight is 179 g/mol. The van der Waals surface area contributed by atoms with Crippen LogP contribution in [-0.2, 0) is 13.0 Å². The second-order valence-corrected chi connectivity index (χ2v) is 3.78. The van der Waals surface area contributed by atoms with Gasteiger partial charge in [0.05, 0.1) is 6.54 Å². The third-order valence-corrected chi connectivity index (χ3v) is 2.48. The molecule has 0 unspecified atom stereocenters. The summed E-state index contributed by atoms with van der Waals surface area (Å²) in [6.45, 7) is 4.17. The SMILES string of the molecule is CCc1cnc(CNCC2CC2)[nH]1. The molecule has 0 aliphatic heterocycles. The highest BCUT2D eigenvalue weighted by atomic mass is 15.0. The van der Waals surface area contributed by atoms with Crippen LogP contribution in [0.25, 0.3) is 0 Å². The van der Waals surface area contributed by atoms with Crippen molar-refractivity contribution in [2.24, 2.45) is 5.92 Å². The van der Waals surface area contributed by atoms with Crippen molar-refractivity contribution in [1.29, 1.82) is 0 Å². The highest BCUT2D eigenvalue weighted by molar-refractivity contribution is 5.00. The number of hydrogen-bond donors (Lipinski definition) is 2. The van der Waals surface area contributed by atoms with E-state index in [0.717, 1.165) is 31.3 Å². The number of aromatic nitrogens is 2. The monoisotopic (exact) mass is 179 g/mol. The molecule has 0 bridgehead atoms. The van der Waals surface area contributed by atoms with Crippen molar-refractivity contribution in [1.82, 2.24) is 15.3 Å². The van der Waals surface area contributed by atoms with Crippen LogP contribution in [0.15, 0.2) is 6.20 Å². The summed E-state index contributed by atoms with van der Waals surface area (Å²) in [5.74, 6) is 2.01. The molecule has 1 saturated carbocycles. The third-order valence-electron chi connectivity index (χ3n) is 2.48. The van der Waals surface area contributed by atoms with Gasteiger partial charge in [0.25, 0.3) is 0 Å². The first-order chi connectivity index (χ1) is 6.38. The fourth-order valence-corrected chi connectivity index (χ4v) is 1.39. The highest BCUT2D eigenvalue weighted by Crippen LogP contribution is 2.27.